The zero-order valence-corrected chi connectivity index (χ0v) is 25.3. The highest BCUT2D eigenvalue weighted by atomic mass is 16.7. The molecule has 4 N–H and O–H groups in total. The van der Waals surface area contributed by atoms with Gasteiger partial charge in [0, 0.05) is 48.3 Å². The molecule has 3 saturated heterocycles. The Bertz CT molecular complexity index is 1770. The molecule has 1 aromatic heterocycles. The van der Waals surface area contributed by atoms with Gasteiger partial charge in [-0.05, 0) is 42.8 Å². The molecule has 0 aliphatic carbocycles. The maximum absolute atomic E-state index is 12.7. The minimum absolute atomic E-state index is 0.0582. The Morgan fingerprint density at radius 1 is 1.04 bits per heavy atom. The summed E-state index contributed by atoms with van der Waals surface area (Å²) in [5.41, 5.74) is 4.40. The predicted molar refractivity (Wildman–Crippen MR) is 173 cm³/mol. The number of aromatic nitrogens is 1. The molecule has 0 bridgehead atoms. The molecule has 4 heterocycles. The van der Waals surface area contributed by atoms with Crippen LogP contribution in [0.5, 0.6) is 5.88 Å². The van der Waals surface area contributed by atoms with Gasteiger partial charge in [-0.1, -0.05) is 42.5 Å². The number of nitrogens with one attached hydrogen (secondary N) is 2. The van der Waals surface area contributed by atoms with Crippen molar-refractivity contribution in [2.24, 2.45) is 4.99 Å². The summed E-state index contributed by atoms with van der Waals surface area (Å²) in [6, 6.07) is 22.2. The number of aromatic amines is 1. The molecule has 0 spiro atoms. The normalized spacial score (nSPS) is 22.6. The fourth-order valence-electron chi connectivity index (χ4n) is 6.05. The number of fused-ring (bicyclic) bond motifs is 2. The van der Waals surface area contributed by atoms with Crippen molar-refractivity contribution in [1.82, 2.24) is 14.8 Å². The van der Waals surface area contributed by atoms with Crippen LogP contribution in [0.15, 0.2) is 77.8 Å². The molecule has 3 aromatic carbocycles. The van der Waals surface area contributed by atoms with E-state index >= 15 is 0 Å². The first-order chi connectivity index (χ1) is 22.3. The number of ether oxygens (including phenoxy) is 1. The lowest BCUT2D eigenvalue weighted by Gasteiger charge is -2.31. The lowest BCUT2D eigenvalue weighted by atomic mass is 9.79. The van der Waals surface area contributed by atoms with Crippen LogP contribution in [0, 0.1) is 0 Å². The van der Waals surface area contributed by atoms with E-state index in [4.69, 9.17) is 19.0 Å². The van der Waals surface area contributed by atoms with Crippen LogP contribution in [0.1, 0.15) is 11.1 Å². The number of hydrogen-bond donors (Lipinski definition) is 4. The van der Waals surface area contributed by atoms with E-state index in [2.05, 4.69) is 27.1 Å². The third-order valence-electron chi connectivity index (χ3n) is 8.57. The second kappa shape index (κ2) is 12.7. The standard InChI is InChI=1S/C33H34BN5O7/c1-38-13-15-39(16-14-38)18-27(41)35-22-8-10-23(11-9-22)36-29(20-5-3-2-4-6-20)28-24-12-7-21(17-25(24)37-32(28)42)34-45-30-26(40)19-44-33(43)31(30)46-34/h2-12,17,26,30-31,37,40,42H,13-16,18-19H2,1H3,(H,35,41)/t26-,30+,31-/m1/s1. The van der Waals surface area contributed by atoms with Crippen LogP contribution < -0.4 is 10.8 Å². The van der Waals surface area contributed by atoms with Gasteiger partial charge in [0.2, 0.25) is 5.91 Å². The van der Waals surface area contributed by atoms with Crippen LogP contribution in [0.3, 0.4) is 0 Å². The Kier molecular flexibility index (Phi) is 8.32. The number of rotatable bonds is 7. The van der Waals surface area contributed by atoms with Crippen LogP contribution in [-0.4, -0.2) is 114 Å². The summed E-state index contributed by atoms with van der Waals surface area (Å²) in [4.78, 5) is 37.2. The van der Waals surface area contributed by atoms with Crippen LogP contribution in [-0.2, 0) is 23.6 Å². The number of amides is 1. The first kappa shape index (κ1) is 30.1. The third kappa shape index (κ3) is 6.15. The molecule has 12 nitrogen and oxygen atoms in total. The Balaban J connectivity index is 1.14. The molecule has 7 rings (SSSR count). The summed E-state index contributed by atoms with van der Waals surface area (Å²) in [6.45, 7) is 3.84. The monoisotopic (exact) mass is 623 g/mol. The predicted octanol–water partition coefficient (Wildman–Crippen LogP) is 1.63. The van der Waals surface area contributed by atoms with Gasteiger partial charge in [0.1, 0.15) is 18.8 Å². The van der Waals surface area contributed by atoms with Crippen molar-refractivity contribution in [3.63, 3.8) is 0 Å². The van der Waals surface area contributed by atoms with Crippen LogP contribution in [0.2, 0.25) is 0 Å². The van der Waals surface area contributed by atoms with Crippen molar-refractivity contribution in [3.05, 3.63) is 83.9 Å². The molecular weight excluding hydrogens is 589 g/mol. The number of hydrogen-bond acceptors (Lipinski definition) is 10. The molecular formula is C33H34BN5O7. The second-order valence-corrected chi connectivity index (χ2v) is 11.8. The van der Waals surface area contributed by atoms with Crippen molar-refractivity contribution >= 4 is 52.4 Å². The first-order valence-corrected chi connectivity index (χ1v) is 15.3. The zero-order chi connectivity index (χ0) is 31.8. The highest BCUT2D eigenvalue weighted by molar-refractivity contribution is 6.62. The van der Waals surface area contributed by atoms with Gasteiger partial charge < -0.3 is 39.5 Å². The number of carbonyl (C=O) groups is 2. The molecule has 0 radical (unpaired) electrons. The molecule has 46 heavy (non-hydrogen) atoms. The van der Waals surface area contributed by atoms with Crippen molar-refractivity contribution in [2.45, 2.75) is 18.3 Å². The number of aliphatic hydroxyl groups is 1. The summed E-state index contributed by atoms with van der Waals surface area (Å²) in [5, 5.41) is 25.1. The van der Waals surface area contributed by atoms with Gasteiger partial charge in [-0.25, -0.2) is 9.79 Å². The van der Waals surface area contributed by atoms with Crippen LogP contribution in [0.4, 0.5) is 11.4 Å². The number of nitrogens with zero attached hydrogens (tertiary/aromatic N) is 3. The summed E-state index contributed by atoms with van der Waals surface area (Å²) in [5.74, 6) is -0.691. The largest absolute Gasteiger partial charge is 0.495 e. The molecule has 3 fully saturated rings. The average Bonchev–Trinajstić information content (AvgIpc) is 3.66. The third-order valence-corrected chi connectivity index (χ3v) is 8.57. The van der Waals surface area contributed by atoms with Crippen molar-refractivity contribution in [1.29, 1.82) is 0 Å². The van der Waals surface area contributed by atoms with Gasteiger partial charge in [-0.2, -0.15) is 0 Å². The maximum Gasteiger partial charge on any atom is 0.495 e. The topological polar surface area (TPSA) is 149 Å². The SMILES string of the molecule is CN1CCN(CC(=O)Nc2ccc(N=C(c3ccccc3)c3c(O)[nH]c4cc(B5O[C@H]6[C@H](O)COC(=O)[C@@H]6O5)ccc34)cc2)CC1. The number of cyclic esters (lactones) is 1. The lowest BCUT2D eigenvalue weighted by Crippen LogP contribution is -2.48. The van der Waals surface area contributed by atoms with Gasteiger partial charge in [-0.3, -0.25) is 9.69 Å². The first-order valence-electron chi connectivity index (χ1n) is 15.3. The average molecular weight is 623 g/mol. The number of aliphatic hydroxyl groups excluding tert-OH is 1. The minimum atomic E-state index is -1.01. The summed E-state index contributed by atoms with van der Waals surface area (Å²) < 4.78 is 16.7. The number of carbonyl (C=O) groups excluding carboxylic acids is 2. The van der Waals surface area contributed by atoms with Gasteiger partial charge in [0.15, 0.2) is 12.0 Å². The minimum Gasteiger partial charge on any atom is -0.494 e. The van der Waals surface area contributed by atoms with Crippen LogP contribution >= 0.6 is 0 Å². The maximum atomic E-state index is 12.7. The quantitative estimate of drug-likeness (QED) is 0.137. The Hall–Kier alpha value is -4.53. The number of H-pyrrole nitrogens is 1. The van der Waals surface area contributed by atoms with E-state index in [9.17, 15) is 19.8 Å². The van der Waals surface area contributed by atoms with Crippen molar-refractivity contribution in [3.8, 4) is 5.88 Å². The number of piperazine rings is 1. The molecule has 3 aliphatic heterocycles. The smallest absolute Gasteiger partial charge is 0.494 e. The van der Waals surface area contributed by atoms with Gasteiger partial charge in [0.05, 0.1) is 23.5 Å². The highest BCUT2D eigenvalue weighted by Gasteiger charge is 2.51. The van der Waals surface area contributed by atoms with E-state index in [-0.39, 0.29) is 18.4 Å². The number of esters is 1. The summed E-state index contributed by atoms with van der Waals surface area (Å²) in [6.07, 6.45) is -2.80. The fourth-order valence-corrected chi connectivity index (χ4v) is 6.05. The van der Waals surface area contributed by atoms with E-state index in [1.807, 2.05) is 60.7 Å². The summed E-state index contributed by atoms with van der Waals surface area (Å²) in [7, 11) is 1.19. The van der Waals surface area contributed by atoms with Gasteiger partial charge in [-0.15, -0.1) is 0 Å². The van der Waals surface area contributed by atoms with E-state index in [1.54, 1.807) is 12.1 Å². The summed E-state index contributed by atoms with van der Waals surface area (Å²) >= 11 is 0. The molecule has 3 aliphatic rings. The van der Waals surface area contributed by atoms with E-state index < -0.39 is 31.4 Å². The van der Waals surface area contributed by atoms with Gasteiger partial charge in [0.25, 0.3) is 0 Å². The van der Waals surface area contributed by atoms with Gasteiger partial charge >= 0.3 is 13.1 Å². The number of likely N-dealkylation sites (N-methyl/N-ethyl adjacent to an activating group) is 1. The Morgan fingerprint density at radius 3 is 2.54 bits per heavy atom. The number of anilines is 1. The van der Waals surface area contributed by atoms with Crippen LogP contribution in [0.25, 0.3) is 10.9 Å². The molecule has 13 heteroatoms. The number of aliphatic imine (C=N–C) groups is 1. The Morgan fingerprint density at radius 2 is 1.80 bits per heavy atom. The fraction of sp³-hybridized carbons (Fsp3) is 0.303. The number of aromatic hydroxyl groups is 1. The number of benzene rings is 3. The molecule has 0 unspecified atom stereocenters. The Labute approximate surface area is 265 Å². The van der Waals surface area contributed by atoms with Crippen molar-refractivity contribution in [2.75, 3.05) is 51.7 Å². The second-order valence-electron chi connectivity index (χ2n) is 11.8. The molecule has 4 aromatic rings. The highest BCUT2D eigenvalue weighted by Crippen LogP contribution is 2.32. The molecule has 1 amide bonds. The van der Waals surface area contributed by atoms with E-state index in [1.165, 1.54) is 0 Å². The van der Waals surface area contributed by atoms with E-state index in [0.29, 0.717) is 45.6 Å². The lowest BCUT2D eigenvalue weighted by molar-refractivity contribution is -0.170. The molecule has 3 atom stereocenters. The zero-order valence-electron chi connectivity index (χ0n) is 25.3. The molecule has 236 valence electrons. The van der Waals surface area contributed by atoms with Crippen molar-refractivity contribution < 1.29 is 33.8 Å². The molecule has 0 saturated carbocycles. The van der Waals surface area contributed by atoms with E-state index in [0.717, 1.165) is 31.7 Å².